The summed E-state index contributed by atoms with van der Waals surface area (Å²) < 4.78 is 0. The fourth-order valence-electron chi connectivity index (χ4n) is 2.29. The zero-order valence-electron chi connectivity index (χ0n) is 11.5. The lowest BCUT2D eigenvalue weighted by Gasteiger charge is -2.29. The Labute approximate surface area is 110 Å². The molecule has 0 atom stereocenters. The topological polar surface area (TPSA) is 31.4 Å². The van der Waals surface area contributed by atoms with Crippen molar-refractivity contribution in [3.05, 3.63) is 29.6 Å². The van der Waals surface area contributed by atoms with Crippen molar-refractivity contribution in [1.29, 1.82) is 0 Å². The Morgan fingerprint density at radius 1 is 1.33 bits per heavy atom. The quantitative estimate of drug-likeness (QED) is 0.832. The van der Waals surface area contributed by atoms with Gasteiger partial charge in [0.2, 0.25) is 0 Å². The SMILES string of the molecule is Cc1cccc(CN(C)CCN2CCNCC2)n1. The summed E-state index contributed by atoms with van der Waals surface area (Å²) in [6, 6.07) is 6.24. The number of likely N-dealkylation sites (N-methyl/N-ethyl adjacent to an activating group) is 1. The summed E-state index contributed by atoms with van der Waals surface area (Å²) in [5.41, 5.74) is 2.26. The molecule has 1 aliphatic heterocycles. The van der Waals surface area contributed by atoms with Crippen molar-refractivity contribution in [2.75, 3.05) is 46.3 Å². The van der Waals surface area contributed by atoms with E-state index in [4.69, 9.17) is 0 Å². The second kappa shape index (κ2) is 6.83. The maximum Gasteiger partial charge on any atom is 0.0547 e. The van der Waals surface area contributed by atoms with Crippen LogP contribution in [0.1, 0.15) is 11.4 Å². The molecule has 2 rings (SSSR count). The van der Waals surface area contributed by atoms with E-state index in [2.05, 4.69) is 39.3 Å². The Bertz CT molecular complexity index is 361. The molecule has 1 saturated heterocycles. The minimum absolute atomic E-state index is 0.938. The molecule has 1 N–H and O–H groups in total. The number of aromatic nitrogens is 1. The number of rotatable bonds is 5. The molecule has 0 spiro atoms. The van der Waals surface area contributed by atoms with Gasteiger partial charge in [-0.25, -0.2) is 0 Å². The van der Waals surface area contributed by atoms with Gasteiger partial charge in [-0.2, -0.15) is 0 Å². The highest BCUT2D eigenvalue weighted by atomic mass is 15.2. The molecule has 0 unspecified atom stereocenters. The Kier molecular flexibility index (Phi) is 5.11. The highest BCUT2D eigenvalue weighted by Crippen LogP contribution is 2.02. The molecule has 1 aliphatic rings. The van der Waals surface area contributed by atoms with Crippen LogP contribution in [0.15, 0.2) is 18.2 Å². The van der Waals surface area contributed by atoms with Crippen LogP contribution in [-0.2, 0) is 6.54 Å². The number of aryl methyl sites for hydroxylation is 1. The van der Waals surface area contributed by atoms with Gasteiger partial charge in [-0.15, -0.1) is 0 Å². The summed E-state index contributed by atoms with van der Waals surface area (Å²) in [5, 5.41) is 3.38. The Hall–Kier alpha value is -0.970. The number of hydrogen-bond donors (Lipinski definition) is 1. The molecule has 0 aliphatic carbocycles. The second-order valence-electron chi connectivity index (χ2n) is 5.10. The standard InChI is InChI=1S/C14H24N4/c1-13-4-3-5-14(16-13)12-17(2)10-11-18-8-6-15-7-9-18/h3-5,15H,6-12H2,1-2H3. The molecular formula is C14H24N4. The summed E-state index contributed by atoms with van der Waals surface area (Å²) in [5.74, 6) is 0. The smallest absolute Gasteiger partial charge is 0.0547 e. The van der Waals surface area contributed by atoms with Gasteiger partial charge >= 0.3 is 0 Å². The first-order chi connectivity index (χ1) is 8.74. The van der Waals surface area contributed by atoms with Crippen LogP contribution in [-0.4, -0.2) is 61.1 Å². The highest BCUT2D eigenvalue weighted by molar-refractivity contribution is 5.09. The average Bonchev–Trinajstić information content (AvgIpc) is 2.38. The van der Waals surface area contributed by atoms with Gasteiger partial charge in [-0.05, 0) is 26.1 Å². The van der Waals surface area contributed by atoms with Crippen LogP contribution in [0.4, 0.5) is 0 Å². The Balaban J connectivity index is 1.72. The monoisotopic (exact) mass is 248 g/mol. The van der Waals surface area contributed by atoms with Crippen LogP contribution in [0, 0.1) is 6.92 Å². The third kappa shape index (κ3) is 4.37. The Morgan fingerprint density at radius 2 is 2.11 bits per heavy atom. The first-order valence-corrected chi connectivity index (χ1v) is 6.78. The molecule has 1 aromatic heterocycles. The molecule has 1 aromatic rings. The van der Waals surface area contributed by atoms with E-state index in [1.165, 1.54) is 13.1 Å². The molecular weight excluding hydrogens is 224 g/mol. The second-order valence-corrected chi connectivity index (χ2v) is 5.10. The number of hydrogen-bond acceptors (Lipinski definition) is 4. The maximum atomic E-state index is 4.54. The van der Waals surface area contributed by atoms with Crippen LogP contribution in [0.5, 0.6) is 0 Å². The summed E-state index contributed by atoms with van der Waals surface area (Å²) >= 11 is 0. The lowest BCUT2D eigenvalue weighted by molar-refractivity contribution is 0.201. The van der Waals surface area contributed by atoms with Gasteiger partial charge in [-0.1, -0.05) is 6.07 Å². The number of nitrogens with one attached hydrogen (secondary N) is 1. The van der Waals surface area contributed by atoms with Gasteiger partial charge < -0.3 is 5.32 Å². The largest absolute Gasteiger partial charge is 0.314 e. The van der Waals surface area contributed by atoms with Crippen LogP contribution in [0.3, 0.4) is 0 Å². The molecule has 0 bridgehead atoms. The van der Waals surface area contributed by atoms with E-state index in [0.717, 1.165) is 44.1 Å². The molecule has 0 aromatic carbocycles. The van der Waals surface area contributed by atoms with Crippen LogP contribution in [0.2, 0.25) is 0 Å². The Morgan fingerprint density at radius 3 is 2.83 bits per heavy atom. The normalized spacial score (nSPS) is 17.3. The van der Waals surface area contributed by atoms with Gasteiger partial charge in [0.05, 0.1) is 5.69 Å². The molecule has 4 nitrogen and oxygen atoms in total. The summed E-state index contributed by atoms with van der Waals surface area (Å²) in [7, 11) is 2.17. The minimum Gasteiger partial charge on any atom is -0.314 e. The molecule has 100 valence electrons. The van der Waals surface area contributed by atoms with E-state index < -0.39 is 0 Å². The third-order valence-electron chi connectivity index (χ3n) is 3.39. The van der Waals surface area contributed by atoms with E-state index >= 15 is 0 Å². The first-order valence-electron chi connectivity index (χ1n) is 6.78. The van der Waals surface area contributed by atoms with E-state index in [-0.39, 0.29) is 0 Å². The molecule has 1 fully saturated rings. The average molecular weight is 248 g/mol. The third-order valence-corrected chi connectivity index (χ3v) is 3.39. The van der Waals surface area contributed by atoms with E-state index in [0.29, 0.717) is 0 Å². The summed E-state index contributed by atoms with van der Waals surface area (Å²) in [6.45, 7) is 9.86. The first kappa shape index (κ1) is 13.5. The zero-order chi connectivity index (χ0) is 12.8. The van der Waals surface area contributed by atoms with Crippen molar-refractivity contribution in [2.24, 2.45) is 0 Å². The van der Waals surface area contributed by atoms with Crippen LogP contribution in [0.25, 0.3) is 0 Å². The number of nitrogens with zero attached hydrogens (tertiary/aromatic N) is 3. The molecule has 0 radical (unpaired) electrons. The van der Waals surface area contributed by atoms with Gasteiger partial charge in [0.25, 0.3) is 0 Å². The summed E-state index contributed by atoms with van der Waals surface area (Å²) in [6.07, 6.45) is 0. The van der Waals surface area contributed by atoms with E-state index in [9.17, 15) is 0 Å². The van der Waals surface area contributed by atoms with Crippen molar-refractivity contribution in [3.63, 3.8) is 0 Å². The van der Waals surface area contributed by atoms with Crippen molar-refractivity contribution in [3.8, 4) is 0 Å². The van der Waals surface area contributed by atoms with Crippen molar-refractivity contribution < 1.29 is 0 Å². The number of pyridine rings is 1. The predicted octanol–water partition coefficient (Wildman–Crippen LogP) is 0.727. The lowest BCUT2D eigenvalue weighted by atomic mass is 10.3. The number of piperazine rings is 1. The van der Waals surface area contributed by atoms with Gasteiger partial charge in [0.1, 0.15) is 0 Å². The summed E-state index contributed by atoms with van der Waals surface area (Å²) in [4.78, 5) is 9.42. The zero-order valence-corrected chi connectivity index (χ0v) is 11.5. The molecule has 2 heterocycles. The van der Waals surface area contributed by atoms with Crippen LogP contribution >= 0.6 is 0 Å². The fourth-order valence-corrected chi connectivity index (χ4v) is 2.29. The van der Waals surface area contributed by atoms with Gasteiger partial charge in [0, 0.05) is 51.5 Å². The lowest BCUT2D eigenvalue weighted by Crippen LogP contribution is -2.45. The molecule has 0 saturated carbocycles. The van der Waals surface area contributed by atoms with E-state index in [1.54, 1.807) is 0 Å². The van der Waals surface area contributed by atoms with Gasteiger partial charge in [-0.3, -0.25) is 14.8 Å². The molecule has 0 amide bonds. The highest BCUT2D eigenvalue weighted by Gasteiger charge is 2.10. The predicted molar refractivity (Wildman–Crippen MR) is 74.6 cm³/mol. The van der Waals surface area contributed by atoms with E-state index in [1.807, 2.05) is 13.0 Å². The maximum absolute atomic E-state index is 4.54. The molecule has 4 heteroatoms. The fraction of sp³-hybridized carbons (Fsp3) is 0.643. The van der Waals surface area contributed by atoms with Crippen molar-refractivity contribution in [2.45, 2.75) is 13.5 Å². The van der Waals surface area contributed by atoms with Gasteiger partial charge in [0.15, 0.2) is 0 Å². The van der Waals surface area contributed by atoms with Crippen molar-refractivity contribution in [1.82, 2.24) is 20.1 Å². The molecule has 18 heavy (non-hydrogen) atoms. The van der Waals surface area contributed by atoms with Crippen molar-refractivity contribution >= 4 is 0 Å². The minimum atomic E-state index is 0.938. The van der Waals surface area contributed by atoms with Crippen LogP contribution < -0.4 is 5.32 Å².